The number of hydrogen-bond acceptors (Lipinski definition) is 15. The van der Waals surface area contributed by atoms with E-state index in [0.717, 1.165) is 45.6 Å². The highest BCUT2D eigenvalue weighted by Crippen LogP contribution is 2.37. The van der Waals surface area contributed by atoms with E-state index in [2.05, 4.69) is 35.2 Å². The maximum absolute atomic E-state index is 12.8. The van der Waals surface area contributed by atoms with Crippen LogP contribution in [0.15, 0.2) is 143 Å². The van der Waals surface area contributed by atoms with Gasteiger partial charge in [-0.15, -0.1) is 9.45 Å². The van der Waals surface area contributed by atoms with Crippen LogP contribution in [0.2, 0.25) is 0 Å². The monoisotopic (exact) mass is 928 g/mol. The SMILES string of the molecule is O=C(CCCCCOc1cc(-c2ccc3c(c2)OCO3)cc(-c2ccccc2)n1)NC(Cc1ccc(OCCCNC(=O)c2ccc(N=NCc3ccccc3SOOO)nc2)cc1)C(=O)O. The summed E-state index contributed by atoms with van der Waals surface area (Å²) in [5, 5.41) is 35.7. The minimum atomic E-state index is -1.12. The van der Waals surface area contributed by atoms with E-state index in [1.54, 1.807) is 42.5 Å². The predicted octanol–water partition coefficient (Wildman–Crippen LogP) is 9.20. The van der Waals surface area contributed by atoms with Crippen LogP contribution >= 0.6 is 12.0 Å². The number of carbonyl (C=O) groups is 3. The van der Waals surface area contributed by atoms with Crippen molar-refractivity contribution in [3.05, 3.63) is 144 Å². The van der Waals surface area contributed by atoms with E-state index >= 15 is 0 Å². The second-order valence-electron chi connectivity index (χ2n) is 15.1. The second kappa shape index (κ2) is 24.8. The molecule has 2 aromatic heterocycles. The number of hydrogen-bond donors (Lipinski definition) is 4. The van der Waals surface area contributed by atoms with Crippen molar-refractivity contribution >= 4 is 35.6 Å². The number of azo groups is 1. The maximum Gasteiger partial charge on any atom is 0.326 e. The van der Waals surface area contributed by atoms with Crippen LogP contribution in [0.4, 0.5) is 5.82 Å². The molecular weight excluding hydrogens is 881 g/mol. The first-order valence-corrected chi connectivity index (χ1v) is 22.2. The van der Waals surface area contributed by atoms with Crippen molar-refractivity contribution in [2.24, 2.45) is 10.2 Å². The minimum Gasteiger partial charge on any atom is -0.494 e. The molecule has 1 atom stereocenters. The number of carboxylic acid groups (broad SMARTS) is 1. The Kier molecular flexibility index (Phi) is 17.6. The van der Waals surface area contributed by atoms with Gasteiger partial charge in [0.2, 0.25) is 18.6 Å². The molecular formula is C49H48N6O11S. The van der Waals surface area contributed by atoms with E-state index < -0.39 is 12.0 Å². The van der Waals surface area contributed by atoms with Gasteiger partial charge in [0.1, 0.15) is 11.8 Å². The van der Waals surface area contributed by atoms with E-state index in [-0.39, 0.29) is 38.0 Å². The van der Waals surface area contributed by atoms with Gasteiger partial charge in [0.05, 0.1) is 43.1 Å². The van der Waals surface area contributed by atoms with Gasteiger partial charge in [0, 0.05) is 42.1 Å². The van der Waals surface area contributed by atoms with E-state index in [1.807, 2.05) is 78.9 Å². The molecule has 67 heavy (non-hydrogen) atoms. The summed E-state index contributed by atoms with van der Waals surface area (Å²) >= 11 is 0.839. The molecule has 17 nitrogen and oxygen atoms in total. The number of pyridine rings is 2. The molecule has 4 aromatic carbocycles. The summed E-state index contributed by atoms with van der Waals surface area (Å²) in [6, 6.07) is 35.9. The van der Waals surface area contributed by atoms with Crippen LogP contribution in [0, 0.1) is 0 Å². The first-order valence-electron chi connectivity index (χ1n) is 21.5. The number of nitrogens with zero attached hydrogens (tertiary/aromatic N) is 4. The molecule has 7 rings (SSSR count). The summed E-state index contributed by atoms with van der Waals surface area (Å²) < 4.78 is 27.5. The van der Waals surface area contributed by atoms with Gasteiger partial charge in [0.25, 0.3) is 5.91 Å². The van der Waals surface area contributed by atoms with E-state index in [9.17, 15) is 19.5 Å². The smallest absolute Gasteiger partial charge is 0.326 e. The second-order valence-corrected chi connectivity index (χ2v) is 15.8. The maximum atomic E-state index is 12.8. The molecule has 0 radical (unpaired) electrons. The fourth-order valence-electron chi connectivity index (χ4n) is 6.84. The third-order valence-corrected chi connectivity index (χ3v) is 11.0. The summed E-state index contributed by atoms with van der Waals surface area (Å²) in [6.45, 7) is 1.52. The largest absolute Gasteiger partial charge is 0.494 e. The third kappa shape index (κ3) is 14.6. The summed E-state index contributed by atoms with van der Waals surface area (Å²) in [6.07, 6.45) is 4.18. The number of carboxylic acids is 1. The quantitative estimate of drug-likeness (QED) is 0.0138. The third-order valence-electron chi connectivity index (χ3n) is 10.3. The van der Waals surface area contributed by atoms with Crippen molar-refractivity contribution in [3.8, 4) is 45.5 Å². The average molecular weight is 929 g/mol. The topological polar surface area (TPSA) is 222 Å². The zero-order chi connectivity index (χ0) is 46.6. The molecule has 18 heteroatoms. The lowest BCUT2D eigenvalue weighted by atomic mass is 10.0. The Hall–Kier alpha value is -7.38. The molecule has 0 fully saturated rings. The number of nitrogens with one attached hydrogen (secondary N) is 2. The Labute approximate surface area is 390 Å². The number of aliphatic carboxylic acids is 1. The lowest BCUT2D eigenvalue weighted by molar-refractivity contribution is -0.432. The zero-order valence-corrected chi connectivity index (χ0v) is 37.1. The van der Waals surface area contributed by atoms with E-state index in [0.29, 0.717) is 84.8 Å². The summed E-state index contributed by atoms with van der Waals surface area (Å²) in [7, 11) is 0. The summed E-state index contributed by atoms with van der Waals surface area (Å²) in [5.74, 6) is 1.04. The van der Waals surface area contributed by atoms with Crippen molar-refractivity contribution in [1.29, 1.82) is 0 Å². The molecule has 2 amide bonds. The van der Waals surface area contributed by atoms with Crippen LogP contribution in [-0.4, -0.2) is 70.7 Å². The van der Waals surface area contributed by atoms with Crippen LogP contribution in [0.25, 0.3) is 22.4 Å². The van der Waals surface area contributed by atoms with Gasteiger partial charge >= 0.3 is 5.97 Å². The summed E-state index contributed by atoms with van der Waals surface area (Å²) in [4.78, 5) is 47.1. The molecule has 1 unspecified atom stereocenters. The van der Waals surface area contributed by atoms with Gasteiger partial charge in [-0.3, -0.25) is 9.59 Å². The van der Waals surface area contributed by atoms with Crippen molar-refractivity contribution in [1.82, 2.24) is 20.6 Å². The molecule has 346 valence electrons. The molecule has 0 bridgehead atoms. The Morgan fingerprint density at radius 2 is 1.60 bits per heavy atom. The van der Waals surface area contributed by atoms with Gasteiger partial charge < -0.3 is 34.7 Å². The highest BCUT2D eigenvalue weighted by Gasteiger charge is 2.21. The number of benzene rings is 4. The summed E-state index contributed by atoms with van der Waals surface area (Å²) in [5.41, 5.74) is 5.49. The molecule has 3 heterocycles. The van der Waals surface area contributed by atoms with Crippen LogP contribution in [0.1, 0.15) is 53.6 Å². The molecule has 0 aliphatic carbocycles. The molecule has 1 aliphatic heterocycles. The first kappa shape index (κ1) is 47.6. The lowest BCUT2D eigenvalue weighted by Gasteiger charge is -2.15. The van der Waals surface area contributed by atoms with E-state index in [4.69, 9.17) is 29.2 Å². The minimum absolute atomic E-state index is 0.106. The number of aromatic nitrogens is 2. The Balaban J connectivity index is 0.777. The normalized spacial score (nSPS) is 12.1. The van der Waals surface area contributed by atoms with Gasteiger partial charge in [-0.05, 0) is 96.5 Å². The standard InChI is InChI=1S/C49H48N6O11S/c56-46(14-5-2-8-24-62-47-29-38(27-40(54-47)34-10-3-1-4-11-34)35-17-21-42-43(28-35)64-32-63-42)53-41(49(58)59)26-33-15-19-39(20-16-33)61-25-9-23-50-48(57)37-18-22-45(51-30-37)55-52-31-36-12-6-7-13-44(36)67-66-65-60/h1,3-4,6-7,10-13,15-22,27-30,41,60H,2,5,8-9,14,23-26,31-32H2,(H,50,57)(H,53,56)(H,58,59). The number of carbonyl (C=O) groups excluding carboxylic acids is 2. The highest BCUT2D eigenvalue weighted by molar-refractivity contribution is 7.94. The van der Waals surface area contributed by atoms with E-state index in [1.165, 1.54) is 6.20 Å². The highest BCUT2D eigenvalue weighted by atomic mass is 32.2. The predicted molar refractivity (Wildman–Crippen MR) is 247 cm³/mol. The van der Waals surface area contributed by atoms with Crippen molar-refractivity contribution in [2.75, 3.05) is 26.6 Å². The molecule has 6 aromatic rings. The Bertz CT molecular complexity index is 2600. The lowest BCUT2D eigenvalue weighted by Crippen LogP contribution is -2.42. The average Bonchev–Trinajstić information content (AvgIpc) is 3.84. The number of unbranched alkanes of at least 4 members (excludes halogenated alkanes) is 2. The molecule has 1 aliphatic rings. The molecule has 0 saturated heterocycles. The molecule has 0 saturated carbocycles. The van der Waals surface area contributed by atoms with Crippen LogP contribution in [-0.2, 0) is 31.9 Å². The van der Waals surface area contributed by atoms with Gasteiger partial charge in [-0.25, -0.2) is 20.0 Å². The Morgan fingerprint density at radius 3 is 2.40 bits per heavy atom. The van der Waals surface area contributed by atoms with Crippen LogP contribution in [0.5, 0.6) is 23.1 Å². The van der Waals surface area contributed by atoms with Crippen molar-refractivity contribution in [3.63, 3.8) is 0 Å². The van der Waals surface area contributed by atoms with Crippen LogP contribution in [0.3, 0.4) is 0 Å². The number of ether oxygens (including phenoxy) is 4. The fraction of sp³-hybridized carbons (Fsp3) is 0.245. The number of fused-ring (bicyclic) bond motifs is 1. The number of rotatable bonds is 25. The van der Waals surface area contributed by atoms with Gasteiger partial charge in [-0.1, -0.05) is 71.8 Å². The van der Waals surface area contributed by atoms with Gasteiger partial charge in [0.15, 0.2) is 17.3 Å². The fourth-order valence-corrected chi connectivity index (χ4v) is 7.32. The Morgan fingerprint density at radius 1 is 0.791 bits per heavy atom. The van der Waals surface area contributed by atoms with Gasteiger partial charge in [-0.2, -0.15) is 5.11 Å². The van der Waals surface area contributed by atoms with Crippen LogP contribution < -0.4 is 29.6 Å². The zero-order valence-electron chi connectivity index (χ0n) is 36.2. The molecule has 4 N–H and O–H groups in total. The number of amides is 2. The van der Waals surface area contributed by atoms with Crippen molar-refractivity contribution < 1.29 is 53.1 Å². The van der Waals surface area contributed by atoms with Crippen molar-refractivity contribution in [2.45, 2.75) is 56.0 Å². The molecule has 0 spiro atoms. The first-order chi connectivity index (χ1) is 32.8.